The van der Waals surface area contributed by atoms with E-state index >= 15 is 0 Å². The van der Waals surface area contributed by atoms with E-state index in [1.54, 1.807) is 12.1 Å². The van der Waals surface area contributed by atoms with E-state index in [0.29, 0.717) is 12.2 Å². The van der Waals surface area contributed by atoms with E-state index < -0.39 is 10.0 Å². The van der Waals surface area contributed by atoms with Crippen molar-refractivity contribution in [2.45, 2.75) is 40.0 Å². The van der Waals surface area contributed by atoms with Gasteiger partial charge in [0.2, 0.25) is 15.9 Å². The smallest absolute Gasteiger partial charge is 0.240 e. The Kier molecular flexibility index (Phi) is 6.87. The van der Waals surface area contributed by atoms with E-state index in [2.05, 4.69) is 12.2 Å². The third-order valence-corrected chi connectivity index (χ3v) is 4.76. The lowest BCUT2D eigenvalue weighted by Crippen LogP contribution is -2.41. The first kappa shape index (κ1) is 18.5. The summed E-state index contributed by atoms with van der Waals surface area (Å²) in [6.07, 6.45) is 4.16. The van der Waals surface area contributed by atoms with E-state index in [9.17, 15) is 13.2 Å². The molecule has 22 heavy (non-hydrogen) atoms. The SMILES string of the molecule is CCCCCNC(=O)CN(c1cccc(C)c1C)S(C)(=O)=O. The van der Waals surface area contributed by atoms with Gasteiger partial charge in [0, 0.05) is 6.54 Å². The molecule has 0 heterocycles. The fraction of sp³-hybridized carbons (Fsp3) is 0.562. The van der Waals surface area contributed by atoms with Crippen molar-refractivity contribution in [3.05, 3.63) is 29.3 Å². The first-order chi connectivity index (χ1) is 10.3. The van der Waals surface area contributed by atoms with Crippen molar-refractivity contribution >= 4 is 21.6 Å². The fourth-order valence-corrected chi connectivity index (χ4v) is 3.08. The van der Waals surface area contributed by atoms with Crippen LogP contribution >= 0.6 is 0 Å². The predicted octanol–water partition coefficient (Wildman–Crippen LogP) is 2.38. The Bertz CT molecular complexity index is 612. The van der Waals surface area contributed by atoms with Crippen molar-refractivity contribution in [2.75, 3.05) is 23.7 Å². The number of hydrogen-bond donors (Lipinski definition) is 1. The van der Waals surface area contributed by atoms with Crippen LogP contribution in [0.5, 0.6) is 0 Å². The Labute approximate surface area is 133 Å². The van der Waals surface area contributed by atoms with Crippen LogP contribution in [-0.4, -0.2) is 33.7 Å². The number of amides is 1. The number of rotatable bonds is 8. The lowest BCUT2D eigenvalue weighted by atomic mass is 10.1. The number of hydrogen-bond acceptors (Lipinski definition) is 3. The zero-order valence-corrected chi connectivity index (χ0v) is 14.7. The lowest BCUT2D eigenvalue weighted by molar-refractivity contribution is -0.119. The molecule has 6 heteroatoms. The van der Waals surface area contributed by atoms with Crippen molar-refractivity contribution in [3.8, 4) is 0 Å². The van der Waals surface area contributed by atoms with E-state index in [1.807, 2.05) is 19.9 Å². The number of carbonyl (C=O) groups is 1. The molecule has 124 valence electrons. The van der Waals surface area contributed by atoms with Crippen molar-refractivity contribution < 1.29 is 13.2 Å². The molecule has 5 nitrogen and oxygen atoms in total. The molecule has 0 unspecified atom stereocenters. The van der Waals surface area contributed by atoms with Crippen LogP contribution in [-0.2, 0) is 14.8 Å². The summed E-state index contributed by atoms with van der Waals surface area (Å²) in [7, 11) is -3.52. The molecule has 1 N–H and O–H groups in total. The highest BCUT2D eigenvalue weighted by Crippen LogP contribution is 2.24. The largest absolute Gasteiger partial charge is 0.355 e. The zero-order valence-electron chi connectivity index (χ0n) is 13.8. The van der Waals surface area contributed by atoms with Gasteiger partial charge in [0.25, 0.3) is 0 Å². The quantitative estimate of drug-likeness (QED) is 0.746. The molecule has 0 aliphatic rings. The molecule has 0 atom stereocenters. The van der Waals surface area contributed by atoms with Gasteiger partial charge in [-0.2, -0.15) is 0 Å². The first-order valence-electron chi connectivity index (χ1n) is 7.58. The predicted molar refractivity (Wildman–Crippen MR) is 90.6 cm³/mol. The molecule has 0 saturated heterocycles. The van der Waals surface area contributed by atoms with Crippen molar-refractivity contribution in [3.63, 3.8) is 0 Å². The normalized spacial score (nSPS) is 11.3. The number of benzene rings is 1. The summed E-state index contributed by atoms with van der Waals surface area (Å²) < 4.78 is 25.3. The molecular formula is C16H26N2O3S. The van der Waals surface area contributed by atoms with E-state index in [1.165, 1.54) is 4.31 Å². The second-order valence-corrected chi connectivity index (χ2v) is 7.45. The minimum atomic E-state index is -3.52. The summed E-state index contributed by atoms with van der Waals surface area (Å²) in [6, 6.07) is 5.45. The van der Waals surface area contributed by atoms with Gasteiger partial charge >= 0.3 is 0 Å². The molecule has 1 aromatic carbocycles. The zero-order chi connectivity index (χ0) is 16.8. The van der Waals surface area contributed by atoms with Gasteiger partial charge in [0.1, 0.15) is 6.54 Å². The maximum absolute atomic E-state index is 12.1. The summed E-state index contributed by atoms with van der Waals surface area (Å²) in [5, 5.41) is 2.78. The number of carbonyl (C=O) groups excluding carboxylic acids is 1. The highest BCUT2D eigenvalue weighted by atomic mass is 32.2. The Hall–Kier alpha value is -1.56. The molecule has 0 aliphatic carbocycles. The van der Waals surface area contributed by atoms with Crippen LogP contribution in [0.15, 0.2) is 18.2 Å². The van der Waals surface area contributed by atoms with Gasteiger partial charge in [0.15, 0.2) is 0 Å². The third kappa shape index (κ3) is 5.33. The molecule has 0 radical (unpaired) electrons. The lowest BCUT2D eigenvalue weighted by Gasteiger charge is -2.24. The molecule has 1 rings (SSSR count). The number of aryl methyl sites for hydroxylation is 1. The number of anilines is 1. The molecule has 0 aliphatic heterocycles. The van der Waals surface area contributed by atoms with Crippen molar-refractivity contribution in [1.29, 1.82) is 0 Å². The number of nitrogens with zero attached hydrogens (tertiary/aromatic N) is 1. The topological polar surface area (TPSA) is 66.5 Å². The van der Waals surface area contributed by atoms with Gasteiger partial charge in [-0.25, -0.2) is 8.42 Å². The summed E-state index contributed by atoms with van der Waals surface area (Å²) >= 11 is 0. The molecule has 1 aromatic rings. The number of unbranched alkanes of at least 4 members (excludes halogenated alkanes) is 2. The van der Waals surface area contributed by atoms with Gasteiger partial charge in [-0.15, -0.1) is 0 Å². The second-order valence-electron chi connectivity index (χ2n) is 5.55. The highest BCUT2D eigenvalue weighted by molar-refractivity contribution is 7.92. The van der Waals surface area contributed by atoms with Crippen LogP contribution in [0.25, 0.3) is 0 Å². The summed E-state index contributed by atoms with van der Waals surface area (Å²) in [4.78, 5) is 12.0. The van der Waals surface area contributed by atoms with Crippen molar-refractivity contribution in [1.82, 2.24) is 5.32 Å². The third-order valence-electron chi connectivity index (χ3n) is 3.63. The van der Waals surface area contributed by atoms with Gasteiger partial charge in [-0.05, 0) is 37.5 Å². The molecule has 0 bridgehead atoms. The monoisotopic (exact) mass is 326 g/mol. The second kappa shape index (κ2) is 8.17. The van der Waals surface area contributed by atoms with Crippen LogP contribution in [0.3, 0.4) is 0 Å². The maximum atomic E-state index is 12.1. The number of sulfonamides is 1. The van der Waals surface area contributed by atoms with Gasteiger partial charge in [-0.3, -0.25) is 9.10 Å². The van der Waals surface area contributed by atoms with Gasteiger partial charge in [0.05, 0.1) is 11.9 Å². The van der Waals surface area contributed by atoms with Gasteiger partial charge in [-0.1, -0.05) is 31.9 Å². The summed E-state index contributed by atoms with van der Waals surface area (Å²) in [5.41, 5.74) is 2.42. The Morgan fingerprint density at radius 3 is 2.50 bits per heavy atom. The molecule has 0 spiro atoms. The van der Waals surface area contributed by atoms with E-state index in [4.69, 9.17) is 0 Å². The first-order valence-corrected chi connectivity index (χ1v) is 9.42. The van der Waals surface area contributed by atoms with Crippen LogP contribution in [0.1, 0.15) is 37.3 Å². The summed E-state index contributed by atoms with van der Waals surface area (Å²) in [6.45, 7) is 6.27. The van der Waals surface area contributed by atoms with Gasteiger partial charge < -0.3 is 5.32 Å². The average Bonchev–Trinajstić information content (AvgIpc) is 2.43. The van der Waals surface area contributed by atoms with Crippen LogP contribution in [0.4, 0.5) is 5.69 Å². The molecule has 0 fully saturated rings. The minimum Gasteiger partial charge on any atom is -0.355 e. The molecule has 0 aromatic heterocycles. The van der Waals surface area contributed by atoms with E-state index in [0.717, 1.165) is 36.6 Å². The van der Waals surface area contributed by atoms with E-state index in [-0.39, 0.29) is 12.5 Å². The minimum absolute atomic E-state index is 0.185. The Morgan fingerprint density at radius 2 is 1.91 bits per heavy atom. The Morgan fingerprint density at radius 1 is 1.23 bits per heavy atom. The van der Waals surface area contributed by atoms with Crippen LogP contribution < -0.4 is 9.62 Å². The Balaban J connectivity index is 2.87. The fourth-order valence-electron chi connectivity index (χ4n) is 2.18. The standard InChI is InChI=1S/C16H26N2O3S/c1-5-6-7-11-17-16(19)12-18(22(4,20)21)15-10-8-9-13(2)14(15)3/h8-10H,5-7,11-12H2,1-4H3,(H,17,19). The van der Waals surface area contributed by atoms with Crippen molar-refractivity contribution in [2.24, 2.45) is 0 Å². The molecular weight excluding hydrogens is 300 g/mol. The summed E-state index contributed by atoms with van der Waals surface area (Å²) in [5.74, 6) is -0.276. The maximum Gasteiger partial charge on any atom is 0.240 e. The van der Waals surface area contributed by atoms with Crippen LogP contribution in [0, 0.1) is 13.8 Å². The average molecular weight is 326 g/mol. The van der Waals surface area contributed by atoms with Crippen LogP contribution in [0.2, 0.25) is 0 Å². The molecule has 1 amide bonds. The molecule has 0 saturated carbocycles. The number of nitrogens with one attached hydrogen (secondary N) is 1. The highest BCUT2D eigenvalue weighted by Gasteiger charge is 2.22.